The number of nitrogens with zero attached hydrogens (tertiary/aromatic N) is 3. The Morgan fingerprint density at radius 1 is 1.58 bits per heavy atom. The summed E-state index contributed by atoms with van der Waals surface area (Å²) in [5, 5.41) is 10.6. The Morgan fingerprint density at radius 2 is 2.47 bits per heavy atom. The molecule has 7 nitrogen and oxygen atoms in total. The summed E-state index contributed by atoms with van der Waals surface area (Å²) in [6.45, 7) is 3.25. The molecule has 0 aliphatic carbocycles. The smallest absolute Gasteiger partial charge is 0.276 e. The first-order valence-electron chi connectivity index (χ1n) is 6.07. The normalized spacial score (nSPS) is 19.6. The number of morpholine rings is 1. The topological polar surface area (TPSA) is 84.3 Å². The third-order valence-corrected chi connectivity index (χ3v) is 3.12. The van der Waals surface area contributed by atoms with E-state index in [-0.39, 0.29) is 11.9 Å². The van der Waals surface area contributed by atoms with Crippen LogP contribution < -0.4 is 0 Å². The maximum absolute atomic E-state index is 12.4. The van der Waals surface area contributed by atoms with E-state index in [4.69, 9.17) is 9.26 Å². The zero-order valence-corrected chi connectivity index (χ0v) is 10.5. The molecule has 1 fully saturated rings. The van der Waals surface area contributed by atoms with Gasteiger partial charge < -0.3 is 14.2 Å². The number of aromatic amines is 1. The Bertz CT molecular complexity index is 563. The number of rotatable bonds is 2. The SMILES string of the molecule is Cc1cc(C(=O)N2CCOC[C@H]2c2ccn[nH]2)no1. The fourth-order valence-corrected chi connectivity index (χ4v) is 2.17. The molecule has 0 bridgehead atoms. The molecule has 7 heteroatoms. The minimum Gasteiger partial charge on any atom is -0.377 e. The first-order valence-corrected chi connectivity index (χ1v) is 6.07. The summed E-state index contributed by atoms with van der Waals surface area (Å²) in [6, 6.07) is 3.32. The number of hydrogen-bond donors (Lipinski definition) is 1. The van der Waals surface area contributed by atoms with E-state index in [2.05, 4.69) is 15.4 Å². The van der Waals surface area contributed by atoms with Crippen molar-refractivity contribution in [3.05, 3.63) is 35.5 Å². The van der Waals surface area contributed by atoms with Crippen molar-refractivity contribution in [2.75, 3.05) is 19.8 Å². The second-order valence-corrected chi connectivity index (χ2v) is 4.42. The Hall–Kier alpha value is -2.15. The predicted molar refractivity (Wildman–Crippen MR) is 64.4 cm³/mol. The largest absolute Gasteiger partial charge is 0.377 e. The van der Waals surface area contributed by atoms with E-state index in [1.807, 2.05) is 6.07 Å². The van der Waals surface area contributed by atoms with Gasteiger partial charge in [0.05, 0.1) is 24.9 Å². The summed E-state index contributed by atoms with van der Waals surface area (Å²) < 4.78 is 10.4. The highest BCUT2D eigenvalue weighted by molar-refractivity contribution is 5.92. The lowest BCUT2D eigenvalue weighted by Gasteiger charge is -2.34. The van der Waals surface area contributed by atoms with Gasteiger partial charge in [0, 0.05) is 18.8 Å². The number of amides is 1. The molecule has 3 heterocycles. The van der Waals surface area contributed by atoms with E-state index in [1.165, 1.54) is 0 Å². The van der Waals surface area contributed by atoms with Gasteiger partial charge in [0.15, 0.2) is 5.69 Å². The van der Waals surface area contributed by atoms with Gasteiger partial charge in [0.2, 0.25) is 0 Å². The molecular formula is C12H14N4O3. The number of hydrogen-bond acceptors (Lipinski definition) is 5. The molecule has 1 aliphatic heterocycles. The second-order valence-electron chi connectivity index (χ2n) is 4.42. The molecule has 0 saturated carbocycles. The van der Waals surface area contributed by atoms with Gasteiger partial charge in [-0.3, -0.25) is 9.89 Å². The molecule has 3 rings (SSSR count). The van der Waals surface area contributed by atoms with E-state index in [0.29, 0.717) is 31.2 Å². The van der Waals surface area contributed by atoms with Gasteiger partial charge in [0.25, 0.3) is 5.91 Å². The van der Waals surface area contributed by atoms with E-state index in [1.54, 1.807) is 24.1 Å². The molecule has 0 radical (unpaired) electrons. The molecule has 19 heavy (non-hydrogen) atoms. The average Bonchev–Trinajstić information content (AvgIpc) is 3.09. The molecular weight excluding hydrogens is 248 g/mol. The summed E-state index contributed by atoms with van der Waals surface area (Å²) in [5.74, 6) is 0.467. The number of nitrogens with one attached hydrogen (secondary N) is 1. The minimum absolute atomic E-state index is 0.153. The van der Waals surface area contributed by atoms with E-state index >= 15 is 0 Å². The van der Waals surface area contributed by atoms with Crippen LogP contribution >= 0.6 is 0 Å². The van der Waals surface area contributed by atoms with Crippen molar-refractivity contribution in [2.24, 2.45) is 0 Å². The quantitative estimate of drug-likeness (QED) is 0.870. The zero-order valence-electron chi connectivity index (χ0n) is 10.5. The lowest BCUT2D eigenvalue weighted by molar-refractivity contribution is -0.00441. The van der Waals surface area contributed by atoms with Gasteiger partial charge in [-0.2, -0.15) is 5.10 Å². The highest BCUT2D eigenvalue weighted by atomic mass is 16.5. The molecule has 1 N–H and O–H groups in total. The van der Waals surface area contributed by atoms with Crippen LogP contribution in [0.15, 0.2) is 22.9 Å². The molecule has 0 spiro atoms. The molecule has 1 saturated heterocycles. The molecule has 100 valence electrons. The van der Waals surface area contributed by atoms with E-state index in [0.717, 1.165) is 5.69 Å². The van der Waals surface area contributed by atoms with E-state index in [9.17, 15) is 4.79 Å². The number of ether oxygens (including phenoxy) is 1. The minimum atomic E-state index is -0.166. The van der Waals surface area contributed by atoms with Gasteiger partial charge in [-0.1, -0.05) is 5.16 Å². The highest BCUT2D eigenvalue weighted by Crippen LogP contribution is 2.24. The van der Waals surface area contributed by atoms with Crippen LogP contribution in [0.25, 0.3) is 0 Å². The zero-order chi connectivity index (χ0) is 13.2. The maximum atomic E-state index is 12.4. The molecule has 1 atom stereocenters. The standard InChI is InChI=1S/C12H14N4O3/c1-8-6-10(15-19-8)12(17)16-4-5-18-7-11(16)9-2-3-13-14-9/h2-3,6,11H,4-5,7H2,1H3,(H,13,14)/t11-/m0/s1. The molecule has 0 aromatic carbocycles. The van der Waals surface area contributed by atoms with Crippen molar-refractivity contribution in [1.29, 1.82) is 0 Å². The summed E-state index contributed by atoms with van der Waals surface area (Å²) in [4.78, 5) is 14.2. The third-order valence-electron chi connectivity index (χ3n) is 3.12. The fraction of sp³-hybridized carbons (Fsp3) is 0.417. The van der Waals surface area contributed by atoms with Gasteiger partial charge in [-0.15, -0.1) is 0 Å². The Balaban J connectivity index is 1.86. The molecule has 1 aliphatic rings. The van der Waals surface area contributed by atoms with Crippen LogP contribution in [0.4, 0.5) is 0 Å². The van der Waals surface area contributed by atoms with Crippen molar-refractivity contribution in [3.8, 4) is 0 Å². The number of aryl methyl sites for hydroxylation is 1. The number of H-pyrrole nitrogens is 1. The van der Waals surface area contributed by atoms with Crippen LogP contribution in [-0.4, -0.2) is 45.9 Å². The van der Waals surface area contributed by atoms with Crippen LogP contribution in [0.2, 0.25) is 0 Å². The van der Waals surface area contributed by atoms with Crippen LogP contribution in [0.1, 0.15) is 28.0 Å². The predicted octanol–water partition coefficient (Wildman–Crippen LogP) is 0.920. The van der Waals surface area contributed by atoms with Crippen molar-refractivity contribution in [1.82, 2.24) is 20.3 Å². The number of aromatic nitrogens is 3. The van der Waals surface area contributed by atoms with Gasteiger partial charge in [-0.25, -0.2) is 0 Å². The van der Waals surface area contributed by atoms with Crippen molar-refractivity contribution in [3.63, 3.8) is 0 Å². The summed E-state index contributed by atoms with van der Waals surface area (Å²) in [5.41, 5.74) is 1.18. The maximum Gasteiger partial charge on any atom is 0.276 e. The van der Waals surface area contributed by atoms with Gasteiger partial charge in [0.1, 0.15) is 5.76 Å². The Morgan fingerprint density at radius 3 is 3.16 bits per heavy atom. The average molecular weight is 262 g/mol. The summed E-state index contributed by atoms with van der Waals surface area (Å²) in [6.07, 6.45) is 1.66. The first-order chi connectivity index (χ1) is 9.25. The fourth-order valence-electron chi connectivity index (χ4n) is 2.17. The van der Waals surface area contributed by atoms with Crippen LogP contribution in [0.3, 0.4) is 0 Å². The molecule has 0 unspecified atom stereocenters. The van der Waals surface area contributed by atoms with Gasteiger partial charge >= 0.3 is 0 Å². The third kappa shape index (κ3) is 2.24. The van der Waals surface area contributed by atoms with Crippen LogP contribution in [0, 0.1) is 6.92 Å². The van der Waals surface area contributed by atoms with Crippen molar-refractivity contribution in [2.45, 2.75) is 13.0 Å². The van der Waals surface area contributed by atoms with Crippen molar-refractivity contribution >= 4 is 5.91 Å². The van der Waals surface area contributed by atoms with Crippen LogP contribution in [-0.2, 0) is 4.74 Å². The lowest BCUT2D eigenvalue weighted by atomic mass is 10.1. The molecule has 2 aromatic rings. The number of carbonyl (C=O) groups is 1. The number of carbonyl (C=O) groups excluding carboxylic acids is 1. The first kappa shape index (κ1) is 11.9. The van der Waals surface area contributed by atoms with E-state index < -0.39 is 0 Å². The summed E-state index contributed by atoms with van der Waals surface area (Å²) >= 11 is 0. The Labute approximate surface area is 109 Å². The summed E-state index contributed by atoms with van der Waals surface area (Å²) in [7, 11) is 0. The molecule has 1 amide bonds. The van der Waals surface area contributed by atoms with Gasteiger partial charge in [-0.05, 0) is 13.0 Å². The second kappa shape index (κ2) is 4.85. The monoisotopic (exact) mass is 262 g/mol. The molecule has 2 aromatic heterocycles. The Kier molecular flexibility index (Phi) is 3.04. The van der Waals surface area contributed by atoms with Crippen LogP contribution in [0.5, 0.6) is 0 Å². The highest BCUT2D eigenvalue weighted by Gasteiger charge is 2.31. The lowest BCUT2D eigenvalue weighted by Crippen LogP contribution is -2.43. The van der Waals surface area contributed by atoms with Crippen molar-refractivity contribution < 1.29 is 14.1 Å².